The van der Waals surface area contributed by atoms with E-state index < -0.39 is 9.84 Å². The van der Waals surface area contributed by atoms with E-state index in [0.717, 1.165) is 5.69 Å². The average Bonchev–Trinajstić information content (AvgIpc) is 3.04. The Hall–Kier alpha value is -1.14. The molecule has 1 saturated carbocycles. The molecular formula is C13H19N3O2S. The Labute approximate surface area is 113 Å². The summed E-state index contributed by atoms with van der Waals surface area (Å²) in [7, 11) is -2.98. The van der Waals surface area contributed by atoms with Crippen molar-refractivity contribution in [1.29, 1.82) is 0 Å². The van der Waals surface area contributed by atoms with Crippen LogP contribution in [0.4, 0.5) is 0 Å². The van der Waals surface area contributed by atoms with Gasteiger partial charge in [0.05, 0.1) is 17.5 Å². The van der Waals surface area contributed by atoms with Crippen molar-refractivity contribution in [2.24, 2.45) is 0 Å². The molecule has 0 radical (unpaired) electrons. The molecule has 0 bridgehead atoms. The van der Waals surface area contributed by atoms with Crippen LogP contribution in [0.5, 0.6) is 0 Å². The van der Waals surface area contributed by atoms with E-state index in [4.69, 9.17) is 0 Å². The highest BCUT2D eigenvalue weighted by Crippen LogP contribution is 2.28. The van der Waals surface area contributed by atoms with Crippen molar-refractivity contribution in [2.75, 3.05) is 5.75 Å². The molecule has 2 heterocycles. The van der Waals surface area contributed by atoms with Gasteiger partial charge in [-0.3, -0.25) is 4.68 Å². The summed E-state index contributed by atoms with van der Waals surface area (Å²) >= 11 is 0. The van der Waals surface area contributed by atoms with Gasteiger partial charge in [0.1, 0.15) is 0 Å². The summed E-state index contributed by atoms with van der Waals surface area (Å²) in [6.45, 7) is 0.615. The van der Waals surface area contributed by atoms with Gasteiger partial charge >= 0.3 is 0 Å². The minimum Gasteiger partial charge on any atom is -0.304 e. The molecular weight excluding hydrogens is 262 g/mol. The van der Waals surface area contributed by atoms with E-state index >= 15 is 0 Å². The smallest absolute Gasteiger partial charge is 0.173 e. The SMILES string of the molecule is O=S1(=O)C=CC(NCc2ccn(C3CCCC3)n2)C1. The van der Waals surface area contributed by atoms with Crippen LogP contribution in [0, 0.1) is 0 Å². The Balaban J connectivity index is 1.55. The fourth-order valence-corrected chi connectivity index (χ4v) is 4.05. The van der Waals surface area contributed by atoms with Gasteiger partial charge in [0.25, 0.3) is 0 Å². The Kier molecular flexibility index (Phi) is 3.45. The second-order valence-corrected chi connectivity index (χ2v) is 7.30. The molecule has 19 heavy (non-hydrogen) atoms. The fraction of sp³-hybridized carbons (Fsp3) is 0.615. The minimum absolute atomic E-state index is 0.0818. The number of hydrogen-bond donors (Lipinski definition) is 1. The topological polar surface area (TPSA) is 64.0 Å². The van der Waals surface area contributed by atoms with E-state index in [9.17, 15) is 8.42 Å². The highest BCUT2D eigenvalue weighted by atomic mass is 32.2. The van der Waals surface area contributed by atoms with Crippen molar-refractivity contribution in [3.63, 3.8) is 0 Å². The van der Waals surface area contributed by atoms with E-state index in [1.54, 1.807) is 6.08 Å². The van der Waals surface area contributed by atoms with Gasteiger partial charge in [0.15, 0.2) is 9.84 Å². The van der Waals surface area contributed by atoms with Gasteiger partial charge in [-0.15, -0.1) is 0 Å². The molecule has 1 aliphatic heterocycles. The van der Waals surface area contributed by atoms with Gasteiger partial charge in [0.2, 0.25) is 0 Å². The molecule has 0 spiro atoms. The Bertz CT molecular complexity index is 570. The highest BCUT2D eigenvalue weighted by molar-refractivity contribution is 7.94. The molecule has 5 nitrogen and oxygen atoms in total. The van der Waals surface area contributed by atoms with Crippen LogP contribution < -0.4 is 5.32 Å². The lowest BCUT2D eigenvalue weighted by atomic mass is 10.3. The zero-order valence-corrected chi connectivity index (χ0v) is 11.6. The lowest BCUT2D eigenvalue weighted by Crippen LogP contribution is -2.29. The number of nitrogens with one attached hydrogen (secondary N) is 1. The van der Waals surface area contributed by atoms with Crippen LogP contribution in [0.3, 0.4) is 0 Å². The molecule has 1 N–H and O–H groups in total. The molecule has 1 aliphatic carbocycles. The summed E-state index contributed by atoms with van der Waals surface area (Å²) in [5.74, 6) is 0.163. The maximum Gasteiger partial charge on any atom is 0.173 e. The van der Waals surface area contributed by atoms with Gasteiger partial charge in [-0.1, -0.05) is 18.9 Å². The molecule has 3 rings (SSSR count). The maximum atomic E-state index is 11.3. The van der Waals surface area contributed by atoms with E-state index in [-0.39, 0.29) is 11.8 Å². The number of sulfone groups is 1. The van der Waals surface area contributed by atoms with Gasteiger partial charge in [0, 0.05) is 24.2 Å². The zero-order chi connectivity index (χ0) is 13.3. The first-order valence-electron chi connectivity index (χ1n) is 6.81. The summed E-state index contributed by atoms with van der Waals surface area (Å²) in [5.41, 5.74) is 0.976. The van der Waals surface area contributed by atoms with Crippen LogP contribution in [0.25, 0.3) is 0 Å². The standard InChI is InChI=1S/C13H19N3O2S/c17-19(18)8-6-12(10-19)14-9-11-5-7-16(15-11)13-3-1-2-4-13/h5-8,12-14H,1-4,9-10H2. The molecule has 1 unspecified atom stereocenters. The second kappa shape index (κ2) is 5.09. The first-order chi connectivity index (χ1) is 9.12. The van der Waals surface area contributed by atoms with Crippen molar-refractivity contribution in [2.45, 2.75) is 44.3 Å². The first-order valence-corrected chi connectivity index (χ1v) is 8.52. The quantitative estimate of drug-likeness (QED) is 0.906. The van der Waals surface area contributed by atoms with Crippen LogP contribution in [0.1, 0.15) is 37.4 Å². The van der Waals surface area contributed by atoms with Crippen molar-refractivity contribution in [3.8, 4) is 0 Å². The normalized spacial score (nSPS) is 26.2. The van der Waals surface area contributed by atoms with Gasteiger partial charge < -0.3 is 5.32 Å². The predicted octanol–water partition coefficient (Wildman–Crippen LogP) is 1.40. The molecule has 2 aliphatic rings. The molecule has 6 heteroatoms. The van der Waals surface area contributed by atoms with Gasteiger partial charge in [-0.05, 0) is 18.9 Å². The fourth-order valence-electron chi connectivity index (χ4n) is 2.78. The maximum absolute atomic E-state index is 11.3. The average molecular weight is 281 g/mol. The predicted molar refractivity (Wildman–Crippen MR) is 73.3 cm³/mol. The van der Waals surface area contributed by atoms with Gasteiger partial charge in [-0.2, -0.15) is 5.10 Å². The number of nitrogens with zero attached hydrogens (tertiary/aromatic N) is 2. The molecule has 1 atom stereocenters. The van der Waals surface area contributed by atoms with Crippen LogP contribution in [-0.2, 0) is 16.4 Å². The first kappa shape index (κ1) is 12.9. The van der Waals surface area contributed by atoms with Crippen molar-refractivity contribution in [1.82, 2.24) is 15.1 Å². The highest BCUT2D eigenvalue weighted by Gasteiger charge is 2.21. The van der Waals surface area contributed by atoms with Crippen molar-refractivity contribution < 1.29 is 8.42 Å². The van der Waals surface area contributed by atoms with Crippen molar-refractivity contribution >= 4 is 9.84 Å². The molecule has 0 aromatic carbocycles. The molecule has 1 aromatic heterocycles. The third-order valence-electron chi connectivity index (χ3n) is 3.84. The van der Waals surface area contributed by atoms with Crippen LogP contribution in [0.2, 0.25) is 0 Å². The lowest BCUT2D eigenvalue weighted by Gasteiger charge is -2.10. The summed E-state index contributed by atoms with van der Waals surface area (Å²) in [6.07, 6.45) is 8.78. The summed E-state index contributed by atoms with van der Waals surface area (Å²) in [6, 6.07) is 2.49. The van der Waals surface area contributed by atoms with E-state index in [1.807, 2.05) is 12.3 Å². The summed E-state index contributed by atoms with van der Waals surface area (Å²) < 4.78 is 24.6. The molecule has 104 valence electrons. The van der Waals surface area contributed by atoms with E-state index in [0.29, 0.717) is 12.6 Å². The second-order valence-electron chi connectivity index (χ2n) is 5.37. The molecule has 1 fully saturated rings. The van der Waals surface area contributed by atoms with Gasteiger partial charge in [-0.25, -0.2) is 8.42 Å². The molecule has 1 aromatic rings. The number of hydrogen-bond acceptors (Lipinski definition) is 4. The largest absolute Gasteiger partial charge is 0.304 e. The summed E-state index contributed by atoms with van der Waals surface area (Å²) in [4.78, 5) is 0. The van der Waals surface area contributed by atoms with Crippen LogP contribution in [0.15, 0.2) is 23.7 Å². The third-order valence-corrected chi connectivity index (χ3v) is 5.23. The van der Waals surface area contributed by atoms with Crippen LogP contribution in [-0.4, -0.2) is 30.0 Å². The zero-order valence-electron chi connectivity index (χ0n) is 10.8. The Morgan fingerprint density at radius 2 is 2.16 bits per heavy atom. The number of aromatic nitrogens is 2. The number of rotatable bonds is 4. The lowest BCUT2D eigenvalue weighted by molar-refractivity contribution is 0.460. The Morgan fingerprint density at radius 3 is 2.84 bits per heavy atom. The Morgan fingerprint density at radius 1 is 1.37 bits per heavy atom. The monoisotopic (exact) mass is 281 g/mol. The van der Waals surface area contributed by atoms with E-state index in [1.165, 1.54) is 31.1 Å². The molecule has 0 saturated heterocycles. The summed E-state index contributed by atoms with van der Waals surface area (Å²) in [5, 5.41) is 9.08. The van der Waals surface area contributed by atoms with Crippen LogP contribution >= 0.6 is 0 Å². The minimum atomic E-state index is -2.98. The van der Waals surface area contributed by atoms with E-state index in [2.05, 4.69) is 15.1 Å². The van der Waals surface area contributed by atoms with Crippen molar-refractivity contribution in [3.05, 3.63) is 29.4 Å². The third kappa shape index (κ3) is 3.06. The molecule has 0 amide bonds.